The highest BCUT2D eigenvalue weighted by Gasteiger charge is 2.23. The average Bonchev–Trinajstić information content (AvgIpc) is 2.71. The number of hydrogen-bond acceptors (Lipinski definition) is 5. The minimum absolute atomic E-state index is 0.0335. The highest BCUT2D eigenvalue weighted by molar-refractivity contribution is 7.89. The Morgan fingerprint density at radius 3 is 2.37 bits per heavy atom. The lowest BCUT2D eigenvalue weighted by Crippen LogP contribution is -2.34. The van der Waals surface area contributed by atoms with Crippen LogP contribution in [-0.4, -0.2) is 37.2 Å². The molecule has 1 heterocycles. The summed E-state index contributed by atoms with van der Waals surface area (Å²) in [4.78, 5) is 16.3. The van der Waals surface area contributed by atoms with E-state index in [-0.39, 0.29) is 16.6 Å². The number of ether oxygens (including phenoxy) is 1. The Bertz CT molecular complexity index is 1120. The van der Waals surface area contributed by atoms with Gasteiger partial charge in [-0.05, 0) is 54.6 Å². The van der Waals surface area contributed by atoms with Crippen molar-refractivity contribution in [2.45, 2.75) is 4.90 Å². The molecule has 0 fully saturated rings. The first-order valence-electron chi connectivity index (χ1n) is 8.65. The van der Waals surface area contributed by atoms with Gasteiger partial charge in [0.1, 0.15) is 11.6 Å². The van der Waals surface area contributed by atoms with Crippen LogP contribution < -0.4 is 10.1 Å². The molecule has 0 unspecified atom stereocenters. The molecular formula is C20H17ClFN3O4S. The Balaban J connectivity index is 1.58. The van der Waals surface area contributed by atoms with Crippen LogP contribution in [-0.2, 0) is 14.8 Å². The van der Waals surface area contributed by atoms with Gasteiger partial charge < -0.3 is 10.1 Å². The molecule has 10 heteroatoms. The zero-order chi connectivity index (χ0) is 21.7. The molecule has 0 bridgehead atoms. The van der Waals surface area contributed by atoms with Crippen molar-refractivity contribution < 1.29 is 22.3 Å². The molecule has 0 atom stereocenters. The molecule has 0 saturated carbocycles. The Morgan fingerprint density at radius 1 is 1.10 bits per heavy atom. The number of nitrogens with zero attached hydrogens (tertiary/aromatic N) is 2. The third kappa shape index (κ3) is 5.53. The van der Waals surface area contributed by atoms with E-state index < -0.39 is 22.5 Å². The number of aromatic nitrogens is 1. The second kappa shape index (κ2) is 9.21. The summed E-state index contributed by atoms with van der Waals surface area (Å²) in [6.07, 6.45) is 1.37. The largest absolute Gasteiger partial charge is 0.439 e. The lowest BCUT2D eigenvalue weighted by Gasteiger charge is -2.17. The molecule has 3 aromatic rings. The minimum Gasteiger partial charge on any atom is -0.439 e. The third-order valence-electron chi connectivity index (χ3n) is 3.94. The molecular weight excluding hydrogens is 433 g/mol. The van der Waals surface area contributed by atoms with Gasteiger partial charge in [-0.1, -0.05) is 11.6 Å². The van der Waals surface area contributed by atoms with E-state index in [0.29, 0.717) is 16.5 Å². The Labute approximate surface area is 178 Å². The number of pyridine rings is 1. The number of nitrogens with one attached hydrogen (secondary N) is 1. The maximum atomic E-state index is 12.9. The van der Waals surface area contributed by atoms with E-state index in [0.717, 1.165) is 4.31 Å². The van der Waals surface area contributed by atoms with Crippen molar-refractivity contribution in [2.24, 2.45) is 0 Å². The summed E-state index contributed by atoms with van der Waals surface area (Å²) in [7, 11) is -2.53. The van der Waals surface area contributed by atoms with Crippen LogP contribution in [0.5, 0.6) is 11.6 Å². The number of halogens is 2. The number of likely N-dealkylation sites (N-methyl/N-ethyl adjacent to an activating group) is 1. The van der Waals surface area contributed by atoms with E-state index in [2.05, 4.69) is 10.3 Å². The first kappa shape index (κ1) is 21.7. The molecule has 1 N–H and O–H groups in total. The summed E-state index contributed by atoms with van der Waals surface area (Å²) in [6.45, 7) is -0.390. The number of carbonyl (C=O) groups excluding carboxylic acids is 1. The summed E-state index contributed by atoms with van der Waals surface area (Å²) in [6, 6.07) is 14.2. The number of rotatable bonds is 7. The maximum Gasteiger partial charge on any atom is 0.243 e. The van der Waals surface area contributed by atoms with Gasteiger partial charge in [-0.2, -0.15) is 4.31 Å². The fraction of sp³-hybridized carbons (Fsp3) is 0.100. The molecule has 0 spiro atoms. The Morgan fingerprint density at radius 2 is 1.77 bits per heavy atom. The van der Waals surface area contributed by atoms with Gasteiger partial charge in [0.25, 0.3) is 0 Å². The fourth-order valence-corrected chi connectivity index (χ4v) is 3.67. The molecule has 1 amide bonds. The van der Waals surface area contributed by atoms with Gasteiger partial charge in [0.05, 0.1) is 23.3 Å². The second-order valence-corrected chi connectivity index (χ2v) is 8.69. The monoisotopic (exact) mass is 449 g/mol. The van der Waals surface area contributed by atoms with Crippen molar-refractivity contribution in [3.05, 3.63) is 77.7 Å². The summed E-state index contributed by atoms with van der Waals surface area (Å²) in [5, 5.41) is 2.98. The van der Waals surface area contributed by atoms with Gasteiger partial charge in [-0.25, -0.2) is 17.8 Å². The lowest BCUT2D eigenvalue weighted by atomic mass is 10.3. The highest BCUT2D eigenvalue weighted by Crippen LogP contribution is 2.21. The normalized spacial score (nSPS) is 11.3. The number of sulfonamides is 1. The van der Waals surface area contributed by atoms with Crippen LogP contribution >= 0.6 is 11.6 Å². The molecule has 3 rings (SSSR count). The molecule has 7 nitrogen and oxygen atoms in total. The average molecular weight is 450 g/mol. The van der Waals surface area contributed by atoms with Crippen molar-refractivity contribution >= 4 is 33.2 Å². The van der Waals surface area contributed by atoms with Gasteiger partial charge in [0.15, 0.2) is 0 Å². The van der Waals surface area contributed by atoms with Gasteiger partial charge in [-0.3, -0.25) is 4.79 Å². The number of carbonyl (C=O) groups is 1. The second-order valence-electron chi connectivity index (χ2n) is 6.20. The van der Waals surface area contributed by atoms with Crippen LogP contribution in [0.15, 0.2) is 71.8 Å². The van der Waals surface area contributed by atoms with Crippen molar-refractivity contribution in [1.82, 2.24) is 9.29 Å². The molecule has 0 aliphatic carbocycles. The summed E-state index contributed by atoms with van der Waals surface area (Å²) in [5.74, 6) is -0.253. The van der Waals surface area contributed by atoms with Crippen molar-refractivity contribution in [3.8, 4) is 11.6 Å². The summed E-state index contributed by atoms with van der Waals surface area (Å²) < 4.78 is 44.4. The predicted molar refractivity (Wildman–Crippen MR) is 111 cm³/mol. The van der Waals surface area contributed by atoms with Crippen LogP contribution in [0.25, 0.3) is 0 Å². The zero-order valence-electron chi connectivity index (χ0n) is 15.7. The quantitative estimate of drug-likeness (QED) is 0.590. The van der Waals surface area contributed by atoms with Gasteiger partial charge in [0, 0.05) is 18.1 Å². The Kier molecular flexibility index (Phi) is 6.66. The molecule has 2 aromatic carbocycles. The molecule has 0 radical (unpaired) electrons. The smallest absolute Gasteiger partial charge is 0.243 e. The zero-order valence-corrected chi connectivity index (χ0v) is 17.3. The predicted octanol–water partition coefficient (Wildman–Crippen LogP) is 3.93. The highest BCUT2D eigenvalue weighted by atomic mass is 35.5. The molecule has 156 valence electrons. The first-order chi connectivity index (χ1) is 14.2. The molecule has 0 aliphatic rings. The van der Waals surface area contributed by atoms with Crippen LogP contribution in [0.2, 0.25) is 5.02 Å². The van der Waals surface area contributed by atoms with Crippen molar-refractivity contribution in [2.75, 3.05) is 18.9 Å². The lowest BCUT2D eigenvalue weighted by molar-refractivity contribution is -0.116. The van der Waals surface area contributed by atoms with Crippen LogP contribution in [0.3, 0.4) is 0 Å². The molecule has 0 aliphatic heterocycles. The van der Waals surface area contributed by atoms with E-state index in [1.165, 1.54) is 67.8 Å². The number of hydrogen-bond donors (Lipinski definition) is 1. The van der Waals surface area contributed by atoms with Gasteiger partial charge >= 0.3 is 0 Å². The minimum atomic E-state index is -3.84. The van der Waals surface area contributed by atoms with E-state index >= 15 is 0 Å². The Hall–Kier alpha value is -3.01. The van der Waals surface area contributed by atoms with Crippen LogP contribution in [0, 0.1) is 5.82 Å². The number of amides is 1. The first-order valence-corrected chi connectivity index (χ1v) is 10.5. The van der Waals surface area contributed by atoms with E-state index in [1.54, 1.807) is 6.07 Å². The summed E-state index contributed by atoms with van der Waals surface area (Å²) >= 11 is 5.78. The van der Waals surface area contributed by atoms with Crippen LogP contribution in [0.4, 0.5) is 10.1 Å². The van der Waals surface area contributed by atoms with Gasteiger partial charge in [-0.15, -0.1) is 0 Å². The topological polar surface area (TPSA) is 88.6 Å². The SMILES string of the molecule is CN(CC(=O)Nc1ccc(Oc2ccc(F)cc2)nc1)S(=O)(=O)c1ccc(Cl)cc1. The maximum absolute atomic E-state index is 12.9. The van der Waals surface area contributed by atoms with Gasteiger partial charge in [0.2, 0.25) is 21.8 Å². The standard InChI is InChI=1S/C20H17ClFN3O4S/c1-25(30(27,28)18-9-2-14(21)3-10-18)13-19(26)24-16-6-11-20(23-12-16)29-17-7-4-15(22)5-8-17/h2-12H,13H2,1H3,(H,24,26). The third-order valence-corrected chi connectivity index (χ3v) is 6.01. The van der Waals surface area contributed by atoms with Crippen molar-refractivity contribution in [3.63, 3.8) is 0 Å². The number of anilines is 1. The fourth-order valence-electron chi connectivity index (χ4n) is 2.41. The van der Waals surface area contributed by atoms with E-state index in [1.807, 2.05) is 0 Å². The van der Waals surface area contributed by atoms with E-state index in [4.69, 9.17) is 16.3 Å². The molecule has 30 heavy (non-hydrogen) atoms. The van der Waals surface area contributed by atoms with E-state index in [9.17, 15) is 17.6 Å². The van der Waals surface area contributed by atoms with Crippen molar-refractivity contribution in [1.29, 1.82) is 0 Å². The summed E-state index contributed by atoms with van der Waals surface area (Å²) in [5.41, 5.74) is 0.365. The van der Waals surface area contributed by atoms with Crippen LogP contribution in [0.1, 0.15) is 0 Å². The molecule has 1 aromatic heterocycles. The number of benzene rings is 2. The molecule has 0 saturated heterocycles.